The van der Waals surface area contributed by atoms with Crippen molar-refractivity contribution in [2.45, 2.75) is 50.5 Å². The number of carbonyl (C=O) groups is 4. The lowest BCUT2D eigenvalue weighted by atomic mass is 10.0. The van der Waals surface area contributed by atoms with Gasteiger partial charge in [-0.15, -0.1) is 0 Å². The van der Waals surface area contributed by atoms with Gasteiger partial charge in [0.05, 0.1) is 50.8 Å². The molecule has 7 rings (SSSR count). The van der Waals surface area contributed by atoms with Crippen LogP contribution in [0.25, 0.3) is 10.9 Å². The van der Waals surface area contributed by atoms with Crippen molar-refractivity contribution in [3.8, 4) is 11.5 Å². The van der Waals surface area contributed by atoms with Crippen molar-refractivity contribution < 1.29 is 51.3 Å². The second kappa shape index (κ2) is 17.3. The Kier molecular flexibility index (Phi) is 12.0. The number of hydrogen-bond donors (Lipinski definition) is 2. The van der Waals surface area contributed by atoms with E-state index in [2.05, 4.69) is 20.5 Å². The Morgan fingerprint density at radius 1 is 0.965 bits per heavy atom. The number of pyridine rings is 1. The number of anilines is 1. The molecule has 2 fully saturated rings. The number of nitrogens with one attached hydrogen (secondary N) is 2. The van der Waals surface area contributed by atoms with E-state index in [-0.39, 0.29) is 36.5 Å². The molecule has 3 aliphatic heterocycles. The van der Waals surface area contributed by atoms with Gasteiger partial charge in [0.15, 0.2) is 0 Å². The predicted octanol–water partition coefficient (Wildman–Crippen LogP) is 4.22. The van der Waals surface area contributed by atoms with Crippen molar-refractivity contribution in [3.05, 3.63) is 77.2 Å². The summed E-state index contributed by atoms with van der Waals surface area (Å²) in [6.07, 6.45) is -0.515. The predicted molar refractivity (Wildman–Crippen MR) is 198 cm³/mol. The van der Waals surface area contributed by atoms with Gasteiger partial charge < -0.3 is 34.1 Å². The summed E-state index contributed by atoms with van der Waals surface area (Å²) in [4.78, 5) is 56.8. The lowest BCUT2D eigenvalue weighted by Gasteiger charge is -2.31. The summed E-state index contributed by atoms with van der Waals surface area (Å²) in [5.41, 5.74) is 0.734. The molecule has 2 saturated heterocycles. The minimum Gasteiger partial charge on any atom is -0.494 e. The first kappa shape index (κ1) is 39.6. The van der Waals surface area contributed by atoms with Crippen LogP contribution in [0.5, 0.6) is 11.5 Å². The number of hydrogen-bond acceptors (Lipinski definition) is 11. The highest BCUT2D eigenvalue weighted by Crippen LogP contribution is 2.33. The molecule has 4 amide bonds. The first-order valence-electron chi connectivity index (χ1n) is 18.7. The summed E-state index contributed by atoms with van der Waals surface area (Å²) in [6.45, 7) is 4.87. The largest absolute Gasteiger partial charge is 0.494 e. The number of methoxy groups -OCH3 is 1. The molecule has 4 aromatic rings. The van der Waals surface area contributed by atoms with Crippen LogP contribution in [0.2, 0.25) is 0 Å². The standard InChI is InChI=1S/C39H42F3N7O8/c1-54-33-21-30-25(20-31(33)44-36(51)29-3-2-4-34(43-29)39(40,41)42)23-49(46-30)26-9-11-47(12-10-26)13-14-55-15-16-56-17-18-57-27-5-6-28-24(19-27)22-48(38(28)53)32-7-8-35(50)45-37(32)52/h2-6,19-21,23,26,32H,7-18,22H2,1H3,(H,44,51)(H,45,50,52). The molecule has 2 N–H and O–H groups in total. The van der Waals surface area contributed by atoms with Gasteiger partial charge in [-0.25, -0.2) is 4.98 Å². The molecule has 302 valence electrons. The zero-order valence-corrected chi connectivity index (χ0v) is 31.2. The van der Waals surface area contributed by atoms with Gasteiger partial charge >= 0.3 is 6.18 Å². The Bertz CT molecular complexity index is 2140. The number of benzene rings is 2. The average molecular weight is 794 g/mol. The first-order valence-corrected chi connectivity index (χ1v) is 18.7. The fourth-order valence-electron chi connectivity index (χ4n) is 7.21. The number of fused-ring (bicyclic) bond motifs is 2. The van der Waals surface area contributed by atoms with Crippen molar-refractivity contribution in [2.24, 2.45) is 0 Å². The molecule has 0 bridgehead atoms. The molecule has 0 radical (unpaired) electrons. The highest BCUT2D eigenvalue weighted by atomic mass is 19.4. The SMILES string of the molecule is COc1cc2nn(C3CCN(CCOCCOCCOc4ccc5c(c4)CN(C4CCC(=O)NC4=O)C5=O)CC3)cc2cc1NC(=O)c1cccc(C(F)(F)F)n1. The Morgan fingerprint density at radius 2 is 1.74 bits per heavy atom. The lowest BCUT2D eigenvalue weighted by molar-refractivity contribution is -0.141. The Labute approximate surface area is 325 Å². The molecule has 2 aromatic heterocycles. The van der Waals surface area contributed by atoms with E-state index in [0.717, 1.165) is 55.6 Å². The number of aromatic nitrogens is 3. The maximum Gasteiger partial charge on any atom is 0.433 e. The smallest absolute Gasteiger partial charge is 0.433 e. The van der Waals surface area contributed by atoms with Crippen LogP contribution in [-0.2, 0) is 31.8 Å². The number of ether oxygens (including phenoxy) is 4. The highest BCUT2D eigenvalue weighted by Gasteiger charge is 2.39. The number of imide groups is 1. The van der Waals surface area contributed by atoms with Crippen LogP contribution in [0, 0.1) is 0 Å². The number of alkyl halides is 3. The fourth-order valence-corrected chi connectivity index (χ4v) is 7.21. The number of likely N-dealkylation sites (tertiary alicyclic amines) is 1. The second-order valence-corrected chi connectivity index (χ2v) is 13.9. The van der Waals surface area contributed by atoms with Crippen molar-refractivity contribution in [1.82, 2.24) is 29.9 Å². The highest BCUT2D eigenvalue weighted by molar-refractivity contribution is 6.06. The number of rotatable bonds is 15. The van der Waals surface area contributed by atoms with Crippen molar-refractivity contribution in [2.75, 3.05) is 65.1 Å². The van der Waals surface area contributed by atoms with E-state index >= 15 is 0 Å². The molecule has 5 heterocycles. The molecule has 57 heavy (non-hydrogen) atoms. The number of amides is 4. The van der Waals surface area contributed by atoms with Gasteiger partial charge in [-0.3, -0.25) is 29.2 Å². The van der Waals surface area contributed by atoms with Gasteiger partial charge in [0.1, 0.15) is 35.5 Å². The average Bonchev–Trinajstić information content (AvgIpc) is 3.76. The Hall–Kier alpha value is -5.59. The molecule has 0 spiro atoms. The van der Waals surface area contributed by atoms with Crippen LogP contribution in [0.1, 0.15) is 63.8 Å². The van der Waals surface area contributed by atoms with E-state index in [1.165, 1.54) is 18.1 Å². The van der Waals surface area contributed by atoms with E-state index in [1.807, 2.05) is 10.9 Å². The molecule has 1 atom stereocenters. The summed E-state index contributed by atoms with van der Waals surface area (Å²) in [7, 11) is 1.44. The molecule has 15 nitrogen and oxygen atoms in total. The maximum absolute atomic E-state index is 13.1. The van der Waals surface area contributed by atoms with E-state index in [4.69, 9.17) is 24.0 Å². The quantitative estimate of drug-likeness (QED) is 0.131. The zero-order chi connectivity index (χ0) is 40.1. The number of carbonyl (C=O) groups excluding carboxylic acids is 4. The monoisotopic (exact) mass is 793 g/mol. The van der Waals surface area contributed by atoms with E-state index in [0.29, 0.717) is 67.7 Å². The van der Waals surface area contributed by atoms with Gasteiger partial charge in [-0.05, 0) is 61.2 Å². The number of piperidine rings is 2. The van der Waals surface area contributed by atoms with Gasteiger partial charge in [-0.1, -0.05) is 6.07 Å². The normalized spacial score (nSPS) is 17.9. The molecule has 0 saturated carbocycles. The van der Waals surface area contributed by atoms with Gasteiger partial charge in [0.2, 0.25) is 11.8 Å². The van der Waals surface area contributed by atoms with E-state index in [1.54, 1.807) is 30.3 Å². The summed E-state index contributed by atoms with van der Waals surface area (Å²) in [6, 6.07) is 11.3. The fraction of sp³-hybridized carbons (Fsp3) is 0.436. The third-order valence-electron chi connectivity index (χ3n) is 10.2. The molecule has 0 aliphatic carbocycles. The van der Waals surface area contributed by atoms with Gasteiger partial charge in [0, 0.05) is 55.8 Å². The maximum atomic E-state index is 13.1. The number of nitrogens with zero attached hydrogens (tertiary/aromatic N) is 5. The molecule has 3 aliphatic rings. The first-order chi connectivity index (χ1) is 27.5. The van der Waals surface area contributed by atoms with Crippen LogP contribution in [0.3, 0.4) is 0 Å². The number of halogens is 3. The van der Waals surface area contributed by atoms with Crippen LogP contribution in [0.4, 0.5) is 18.9 Å². The van der Waals surface area contributed by atoms with E-state index < -0.39 is 29.7 Å². The van der Waals surface area contributed by atoms with Crippen molar-refractivity contribution in [1.29, 1.82) is 0 Å². The summed E-state index contributed by atoms with van der Waals surface area (Å²) < 4.78 is 64.0. The molecule has 2 aromatic carbocycles. The van der Waals surface area contributed by atoms with E-state index in [9.17, 15) is 32.3 Å². The zero-order valence-electron chi connectivity index (χ0n) is 31.2. The van der Waals surface area contributed by atoms with Crippen LogP contribution >= 0.6 is 0 Å². The van der Waals surface area contributed by atoms with Crippen molar-refractivity contribution in [3.63, 3.8) is 0 Å². The van der Waals surface area contributed by atoms with Gasteiger partial charge in [-0.2, -0.15) is 18.3 Å². The summed E-state index contributed by atoms with van der Waals surface area (Å²) in [5, 5.41) is 10.4. The Morgan fingerprint density at radius 3 is 2.49 bits per heavy atom. The minimum absolute atomic E-state index is 0.162. The third-order valence-corrected chi connectivity index (χ3v) is 10.2. The van der Waals surface area contributed by atoms with Crippen LogP contribution in [-0.4, -0.2) is 114 Å². The second-order valence-electron chi connectivity index (χ2n) is 13.9. The molecule has 1 unspecified atom stereocenters. The van der Waals surface area contributed by atoms with Crippen molar-refractivity contribution >= 4 is 40.2 Å². The van der Waals surface area contributed by atoms with Gasteiger partial charge in [0.25, 0.3) is 11.8 Å². The molecule has 18 heteroatoms. The van der Waals surface area contributed by atoms with Crippen LogP contribution in [0.15, 0.2) is 54.7 Å². The molecular formula is C39H42F3N7O8. The summed E-state index contributed by atoms with van der Waals surface area (Å²) in [5.74, 6) is -0.868. The Balaban J connectivity index is 0.785. The lowest BCUT2D eigenvalue weighted by Crippen LogP contribution is -2.52. The molecular weight excluding hydrogens is 751 g/mol. The van der Waals surface area contributed by atoms with Crippen LogP contribution < -0.4 is 20.1 Å². The topological polar surface area (TPSA) is 166 Å². The summed E-state index contributed by atoms with van der Waals surface area (Å²) >= 11 is 0. The minimum atomic E-state index is -4.67. The third kappa shape index (κ3) is 9.35.